The maximum Gasteiger partial charge on any atom is 0.254 e. The third-order valence-corrected chi connectivity index (χ3v) is 3.75. The van der Waals surface area contributed by atoms with E-state index in [9.17, 15) is 9.90 Å². The fourth-order valence-corrected chi connectivity index (χ4v) is 2.69. The Morgan fingerprint density at radius 2 is 1.95 bits per heavy atom. The van der Waals surface area contributed by atoms with Crippen LogP contribution in [0.25, 0.3) is 10.8 Å². The molecule has 4 nitrogen and oxygen atoms in total. The molecule has 3 rings (SSSR count). The molecular formula is C16H17NO3. The second kappa shape index (κ2) is 5.13. The SMILES string of the molecule is Cc1cccc2c(O)ccc(C(=O)N3CCOCC3)c12. The Labute approximate surface area is 117 Å². The highest BCUT2D eigenvalue weighted by atomic mass is 16.5. The number of benzene rings is 2. The summed E-state index contributed by atoms with van der Waals surface area (Å²) in [5.41, 5.74) is 1.65. The van der Waals surface area contributed by atoms with Crippen LogP contribution in [0, 0.1) is 6.92 Å². The van der Waals surface area contributed by atoms with Gasteiger partial charge in [0.05, 0.1) is 13.2 Å². The van der Waals surface area contributed by atoms with Crippen LogP contribution in [0.1, 0.15) is 15.9 Å². The molecule has 1 aliphatic rings. The van der Waals surface area contributed by atoms with E-state index in [1.807, 2.05) is 30.0 Å². The third-order valence-electron chi connectivity index (χ3n) is 3.75. The van der Waals surface area contributed by atoms with E-state index in [4.69, 9.17) is 4.74 Å². The van der Waals surface area contributed by atoms with Crippen LogP contribution in [0.5, 0.6) is 5.75 Å². The van der Waals surface area contributed by atoms with Crippen molar-refractivity contribution >= 4 is 16.7 Å². The predicted molar refractivity (Wildman–Crippen MR) is 77.1 cm³/mol. The number of aryl methyl sites for hydroxylation is 1. The first-order valence-corrected chi connectivity index (χ1v) is 6.77. The maximum absolute atomic E-state index is 12.7. The molecule has 0 saturated carbocycles. The van der Waals surface area contributed by atoms with E-state index < -0.39 is 0 Å². The number of aromatic hydroxyl groups is 1. The summed E-state index contributed by atoms with van der Waals surface area (Å²) in [7, 11) is 0. The monoisotopic (exact) mass is 271 g/mol. The zero-order chi connectivity index (χ0) is 14.1. The van der Waals surface area contributed by atoms with Crippen LogP contribution in [-0.2, 0) is 4.74 Å². The van der Waals surface area contributed by atoms with Crippen molar-refractivity contribution in [2.75, 3.05) is 26.3 Å². The number of carbonyl (C=O) groups is 1. The van der Waals surface area contributed by atoms with E-state index in [1.165, 1.54) is 0 Å². The molecule has 2 aromatic rings. The first kappa shape index (κ1) is 12.9. The zero-order valence-electron chi connectivity index (χ0n) is 11.4. The molecule has 0 aliphatic carbocycles. The number of phenolic OH excluding ortho intramolecular Hbond substituents is 1. The Kier molecular flexibility index (Phi) is 3.32. The van der Waals surface area contributed by atoms with Crippen molar-refractivity contribution in [3.8, 4) is 5.75 Å². The maximum atomic E-state index is 12.7. The van der Waals surface area contributed by atoms with Crippen LogP contribution in [0.15, 0.2) is 30.3 Å². The molecular weight excluding hydrogens is 254 g/mol. The summed E-state index contributed by atoms with van der Waals surface area (Å²) in [4.78, 5) is 14.5. The first-order valence-electron chi connectivity index (χ1n) is 6.77. The Morgan fingerprint density at radius 1 is 1.20 bits per heavy atom. The van der Waals surface area contributed by atoms with Crippen molar-refractivity contribution in [2.24, 2.45) is 0 Å². The average molecular weight is 271 g/mol. The van der Waals surface area contributed by atoms with Crippen molar-refractivity contribution in [3.05, 3.63) is 41.5 Å². The molecule has 1 amide bonds. The van der Waals surface area contributed by atoms with Crippen molar-refractivity contribution in [1.82, 2.24) is 4.90 Å². The standard InChI is InChI=1S/C16H17NO3/c1-11-3-2-4-12-14(18)6-5-13(15(11)12)16(19)17-7-9-20-10-8-17/h2-6,18H,7-10H2,1H3. The molecule has 1 aliphatic heterocycles. The summed E-state index contributed by atoms with van der Waals surface area (Å²) >= 11 is 0. The fraction of sp³-hybridized carbons (Fsp3) is 0.312. The number of hydrogen-bond donors (Lipinski definition) is 1. The molecule has 4 heteroatoms. The molecule has 0 radical (unpaired) electrons. The minimum absolute atomic E-state index is 0.00704. The van der Waals surface area contributed by atoms with Crippen LogP contribution in [0.3, 0.4) is 0 Å². The Balaban J connectivity index is 2.11. The van der Waals surface area contributed by atoms with E-state index >= 15 is 0 Å². The van der Waals surface area contributed by atoms with Gasteiger partial charge in [-0.25, -0.2) is 0 Å². The minimum atomic E-state index is 0.00704. The van der Waals surface area contributed by atoms with Gasteiger partial charge in [-0.05, 0) is 24.6 Å². The van der Waals surface area contributed by atoms with Gasteiger partial charge in [-0.2, -0.15) is 0 Å². The number of fused-ring (bicyclic) bond motifs is 1. The lowest BCUT2D eigenvalue weighted by Crippen LogP contribution is -2.40. The summed E-state index contributed by atoms with van der Waals surface area (Å²) in [5, 5.41) is 11.5. The quantitative estimate of drug-likeness (QED) is 0.866. The van der Waals surface area contributed by atoms with E-state index in [-0.39, 0.29) is 11.7 Å². The van der Waals surface area contributed by atoms with Gasteiger partial charge >= 0.3 is 0 Å². The number of morpholine rings is 1. The third kappa shape index (κ3) is 2.12. The minimum Gasteiger partial charge on any atom is -0.507 e. The van der Waals surface area contributed by atoms with Gasteiger partial charge in [-0.3, -0.25) is 4.79 Å². The summed E-state index contributed by atoms with van der Waals surface area (Å²) < 4.78 is 5.28. The Morgan fingerprint density at radius 3 is 2.70 bits per heavy atom. The van der Waals surface area contributed by atoms with E-state index in [0.717, 1.165) is 16.3 Å². The van der Waals surface area contributed by atoms with Crippen molar-refractivity contribution in [1.29, 1.82) is 0 Å². The molecule has 0 spiro atoms. The highest BCUT2D eigenvalue weighted by Crippen LogP contribution is 2.30. The second-order valence-corrected chi connectivity index (χ2v) is 5.03. The summed E-state index contributed by atoms with van der Waals surface area (Å²) in [6.45, 7) is 4.36. The normalized spacial score (nSPS) is 15.6. The van der Waals surface area contributed by atoms with Gasteiger partial charge in [0.1, 0.15) is 5.75 Å². The molecule has 0 atom stereocenters. The Bertz CT molecular complexity index is 660. The largest absolute Gasteiger partial charge is 0.507 e. The van der Waals surface area contributed by atoms with E-state index in [1.54, 1.807) is 12.1 Å². The summed E-state index contributed by atoms with van der Waals surface area (Å²) in [6, 6.07) is 8.99. The van der Waals surface area contributed by atoms with Crippen molar-refractivity contribution < 1.29 is 14.6 Å². The summed E-state index contributed by atoms with van der Waals surface area (Å²) in [6.07, 6.45) is 0. The highest BCUT2D eigenvalue weighted by molar-refractivity contribution is 6.09. The molecule has 2 aromatic carbocycles. The molecule has 1 fully saturated rings. The van der Waals surface area contributed by atoms with Crippen LogP contribution in [-0.4, -0.2) is 42.2 Å². The molecule has 20 heavy (non-hydrogen) atoms. The van der Waals surface area contributed by atoms with Crippen LogP contribution in [0.2, 0.25) is 0 Å². The number of amides is 1. The van der Waals surface area contributed by atoms with Gasteiger partial charge in [-0.15, -0.1) is 0 Å². The summed E-state index contributed by atoms with van der Waals surface area (Å²) in [5.74, 6) is 0.217. The lowest BCUT2D eigenvalue weighted by molar-refractivity contribution is 0.0304. The molecule has 0 aromatic heterocycles. The number of rotatable bonds is 1. The highest BCUT2D eigenvalue weighted by Gasteiger charge is 2.21. The van der Waals surface area contributed by atoms with Gasteiger partial charge in [0.2, 0.25) is 0 Å². The van der Waals surface area contributed by atoms with E-state index in [0.29, 0.717) is 31.9 Å². The average Bonchev–Trinajstić information content (AvgIpc) is 2.49. The first-order chi connectivity index (χ1) is 9.68. The lowest BCUT2D eigenvalue weighted by atomic mass is 9.98. The predicted octanol–water partition coefficient (Wildman–Crippen LogP) is 2.33. The topological polar surface area (TPSA) is 49.8 Å². The molecule has 0 unspecified atom stereocenters. The number of hydrogen-bond acceptors (Lipinski definition) is 3. The molecule has 0 bridgehead atoms. The second-order valence-electron chi connectivity index (χ2n) is 5.03. The fourth-order valence-electron chi connectivity index (χ4n) is 2.69. The number of phenols is 1. The Hall–Kier alpha value is -2.07. The van der Waals surface area contributed by atoms with Crippen molar-refractivity contribution in [2.45, 2.75) is 6.92 Å². The van der Waals surface area contributed by atoms with Crippen molar-refractivity contribution in [3.63, 3.8) is 0 Å². The van der Waals surface area contributed by atoms with Gasteiger partial charge < -0.3 is 14.7 Å². The van der Waals surface area contributed by atoms with Crippen LogP contribution >= 0.6 is 0 Å². The van der Waals surface area contributed by atoms with Gasteiger partial charge in [0.15, 0.2) is 0 Å². The van der Waals surface area contributed by atoms with Gasteiger partial charge in [0, 0.05) is 29.4 Å². The number of ether oxygens (including phenoxy) is 1. The van der Waals surface area contributed by atoms with Gasteiger partial charge in [-0.1, -0.05) is 18.2 Å². The smallest absolute Gasteiger partial charge is 0.254 e. The number of nitrogens with zero attached hydrogens (tertiary/aromatic N) is 1. The molecule has 1 heterocycles. The van der Waals surface area contributed by atoms with E-state index in [2.05, 4.69) is 0 Å². The zero-order valence-corrected chi connectivity index (χ0v) is 11.4. The van der Waals surface area contributed by atoms with Crippen LogP contribution in [0.4, 0.5) is 0 Å². The molecule has 1 saturated heterocycles. The van der Waals surface area contributed by atoms with Gasteiger partial charge in [0.25, 0.3) is 5.91 Å². The lowest BCUT2D eigenvalue weighted by Gasteiger charge is -2.27. The van der Waals surface area contributed by atoms with Crippen LogP contribution < -0.4 is 0 Å². The molecule has 104 valence electrons. The number of carbonyl (C=O) groups excluding carboxylic acids is 1. The molecule has 1 N–H and O–H groups in total.